The molecule has 172 valence electrons. The average molecular weight is 444 g/mol. The molecule has 0 aromatic carbocycles. The molecule has 3 saturated heterocycles. The van der Waals surface area contributed by atoms with Gasteiger partial charge in [0.2, 0.25) is 15.9 Å². The normalized spacial score (nSPS) is 27.3. The molecule has 2 unspecified atom stereocenters. The fourth-order valence-corrected chi connectivity index (χ4v) is 5.87. The molecule has 0 bridgehead atoms. The molecule has 0 aliphatic carbocycles. The van der Waals surface area contributed by atoms with E-state index in [1.54, 1.807) is 0 Å². The van der Waals surface area contributed by atoms with Crippen LogP contribution < -0.4 is 0 Å². The zero-order valence-corrected chi connectivity index (χ0v) is 19.6. The molecule has 2 amide bonds. The molecule has 0 aromatic heterocycles. The van der Waals surface area contributed by atoms with Gasteiger partial charge in [-0.2, -0.15) is 0 Å². The van der Waals surface area contributed by atoms with Gasteiger partial charge in [-0.15, -0.1) is 0 Å². The minimum atomic E-state index is -3.25. The largest absolute Gasteiger partial charge is 0.444 e. The van der Waals surface area contributed by atoms with Crippen LogP contribution in [0, 0.1) is 17.8 Å². The van der Waals surface area contributed by atoms with Gasteiger partial charge in [-0.1, -0.05) is 0 Å². The summed E-state index contributed by atoms with van der Waals surface area (Å²) in [5, 5.41) is 0. The number of likely N-dealkylation sites (tertiary alicyclic amines) is 2. The Kier molecular flexibility index (Phi) is 7.01. The van der Waals surface area contributed by atoms with Gasteiger partial charge >= 0.3 is 6.09 Å². The number of carbonyl (C=O) groups is 2. The highest BCUT2D eigenvalue weighted by molar-refractivity contribution is 7.88. The van der Waals surface area contributed by atoms with Crippen LogP contribution >= 0.6 is 0 Å². The molecule has 8 nitrogen and oxygen atoms in total. The number of piperidine rings is 2. The van der Waals surface area contributed by atoms with Gasteiger partial charge in [-0.3, -0.25) is 4.79 Å². The molecular weight excluding hydrogens is 406 g/mol. The van der Waals surface area contributed by atoms with Crippen LogP contribution in [-0.2, 0) is 19.6 Å². The number of hydrogen-bond donors (Lipinski definition) is 0. The molecule has 30 heavy (non-hydrogen) atoms. The van der Waals surface area contributed by atoms with Crippen molar-refractivity contribution in [2.75, 3.05) is 45.5 Å². The van der Waals surface area contributed by atoms with Crippen molar-refractivity contribution in [2.24, 2.45) is 17.8 Å². The standard InChI is InChI=1S/C21H37N3O5S/c1-21(2,3)29-20(26)23-13-9-17(14-23)16-7-11-22(12-8-16)19(25)18-6-5-10-24(15-18)30(4,27)28/h16-18H,5-15H2,1-4H3. The van der Waals surface area contributed by atoms with E-state index in [1.807, 2.05) is 30.6 Å². The molecule has 2 atom stereocenters. The van der Waals surface area contributed by atoms with E-state index in [-0.39, 0.29) is 17.9 Å². The van der Waals surface area contributed by atoms with Gasteiger partial charge in [0.1, 0.15) is 5.60 Å². The second-order valence-electron chi connectivity index (χ2n) is 10.1. The zero-order chi connectivity index (χ0) is 22.1. The van der Waals surface area contributed by atoms with Gasteiger partial charge in [0.15, 0.2) is 0 Å². The second-order valence-corrected chi connectivity index (χ2v) is 12.1. The van der Waals surface area contributed by atoms with Crippen molar-refractivity contribution < 1.29 is 22.7 Å². The van der Waals surface area contributed by atoms with E-state index in [0.29, 0.717) is 24.9 Å². The molecule has 0 spiro atoms. The van der Waals surface area contributed by atoms with E-state index in [0.717, 1.165) is 58.3 Å². The number of carbonyl (C=O) groups excluding carboxylic acids is 2. The first-order valence-corrected chi connectivity index (χ1v) is 13.0. The Hall–Kier alpha value is -1.35. The summed E-state index contributed by atoms with van der Waals surface area (Å²) in [7, 11) is -3.25. The van der Waals surface area contributed by atoms with Crippen molar-refractivity contribution in [3.63, 3.8) is 0 Å². The second kappa shape index (κ2) is 9.02. The van der Waals surface area contributed by atoms with Gasteiger partial charge in [0.05, 0.1) is 12.2 Å². The van der Waals surface area contributed by atoms with Crippen molar-refractivity contribution in [3.05, 3.63) is 0 Å². The molecule has 3 heterocycles. The molecule has 3 rings (SSSR count). The third kappa shape index (κ3) is 5.87. The Labute approximate surface area is 180 Å². The van der Waals surface area contributed by atoms with Crippen LogP contribution in [0.5, 0.6) is 0 Å². The number of rotatable bonds is 3. The Bertz CT molecular complexity index is 740. The molecule has 3 fully saturated rings. The van der Waals surface area contributed by atoms with Gasteiger partial charge in [-0.05, 0) is 64.7 Å². The molecule has 0 radical (unpaired) electrons. The summed E-state index contributed by atoms with van der Waals surface area (Å²) in [5.74, 6) is 0.855. The fraction of sp³-hybridized carbons (Fsp3) is 0.905. The minimum Gasteiger partial charge on any atom is -0.444 e. The van der Waals surface area contributed by atoms with Crippen molar-refractivity contribution in [3.8, 4) is 0 Å². The van der Waals surface area contributed by atoms with Crippen LogP contribution in [0.1, 0.15) is 52.9 Å². The van der Waals surface area contributed by atoms with E-state index < -0.39 is 15.6 Å². The Balaban J connectivity index is 1.47. The lowest BCUT2D eigenvalue weighted by Gasteiger charge is -2.38. The van der Waals surface area contributed by atoms with Gasteiger partial charge in [-0.25, -0.2) is 17.5 Å². The summed E-state index contributed by atoms with van der Waals surface area (Å²) in [5.41, 5.74) is -0.479. The smallest absolute Gasteiger partial charge is 0.410 e. The summed E-state index contributed by atoms with van der Waals surface area (Å²) >= 11 is 0. The van der Waals surface area contributed by atoms with E-state index >= 15 is 0 Å². The maximum atomic E-state index is 13.0. The highest BCUT2D eigenvalue weighted by Gasteiger charge is 2.38. The predicted molar refractivity (Wildman–Crippen MR) is 114 cm³/mol. The lowest BCUT2D eigenvalue weighted by atomic mass is 9.83. The van der Waals surface area contributed by atoms with Crippen LogP contribution in [0.3, 0.4) is 0 Å². The maximum absolute atomic E-state index is 13.0. The molecule has 3 aliphatic heterocycles. The van der Waals surface area contributed by atoms with Crippen molar-refractivity contribution in [1.82, 2.24) is 14.1 Å². The zero-order valence-electron chi connectivity index (χ0n) is 18.8. The van der Waals surface area contributed by atoms with Crippen LogP contribution in [0.4, 0.5) is 4.79 Å². The van der Waals surface area contributed by atoms with Gasteiger partial charge < -0.3 is 14.5 Å². The van der Waals surface area contributed by atoms with Gasteiger partial charge in [0.25, 0.3) is 0 Å². The van der Waals surface area contributed by atoms with E-state index in [9.17, 15) is 18.0 Å². The third-order valence-electron chi connectivity index (χ3n) is 6.60. The van der Waals surface area contributed by atoms with Crippen molar-refractivity contribution in [2.45, 2.75) is 58.5 Å². The maximum Gasteiger partial charge on any atom is 0.410 e. The topological polar surface area (TPSA) is 87.2 Å². The van der Waals surface area contributed by atoms with Crippen molar-refractivity contribution in [1.29, 1.82) is 0 Å². The summed E-state index contributed by atoms with van der Waals surface area (Å²) in [4.78, 5) is 29.0. The van der Waals surface area contributed by atoms with Crippen LogP contribution in [0.25, 0.3) is 0 Å². The van der Waals surface area contributed by atoms with E-state index in [2.05, 4.69) is 0 Å². The number of sulfonamides is 1. The Morgan fingerprint density at radius 3 is 2.07 bits per heavy atom. The summed E-state index contributed by atoms with van der Waals surface area (Å²) in [6.07, 6.45) is 5.37. The van der Waals surface area contributed by atoms with Crippen LogP contribution in [0.2, 0.25) is 0 Å². The molecule has 0 aromatic rings. The first-order chi connectivity index (χ1) is 13.9. The average Bonchev–Trinajstić information content (AvgIpc) is 3.16. The number of ether oxygens (including phenoxy) is 1. The predicted octanol–water partition coefficient (Wildman–Crippen LogP) is 2.15. The third-order valence-corrected chi connectivity index (χ3v) is 7.87. The SMILES string of the molecule is CC(C)(C)OC(=O)N1CCC(C2CCN(C(=O)C3CCCN(S(C)(=O)=O)C3)CC2)C1. The molecular formula is C21H37N3O5S. The summed E-state index contributed by atoms with van der Waals surface area (Å²) in [6, 6.07) is 0. The fourth-order valence-electron chi connectivity index (χ4n) is 4.96. The minimum absolute atomic E-state index is 0.101. The molecule has 9 heteroatoms. The monoisotopic (exact) mass is 443 g/mol. The van der Waals surface area contributed by atoms with Crippen LogP contribution in [0.15, 0.2) is 0 Å². The lowest BCUT2D eigenvalue weighted by Crippen LogP contribution is -2.48. The number of nitrogens with zero attached hydrogens (tertiary/aromatic N) is 3. The Morgan fingerprint density at radius 2 is 1.47 bits per heavy atom. The molecule has 3 aliphatic rings. The lowest BCUT2D eigenvalue weighted by molar-refractivity contribution is -0.138. The van der Waals surface area contributed by atoms with Gasteiger partial charge in [0, 0.05) is 39.3 Å². The molecule has 0 N–H and O–H groups in total. The highest BCUT2D eigenvalue weighted by atomic mass is 32.2. The van der Waals surface area contributed by atoms with E-state index in [4.69, 9.17) is 4.74 Å². The van der Waals surface area contributed by atoms with E-state index in [1.165, 1.54) is 10.6 Å². The summed E-state index contributed by atoms with van der Waals surface area (Å²) in [6.45, 7) is 9.39. The first kappa shape index (κ1) is 23.3. The highest BCUT2D eigenvalue weighted by Crippen LogP contribution is 2.33. The number of hydrogen-bond acceptors (Lipinski definition) is 5. The quantitative estimate of drug-likeness (QED) is 0.667. The Morgan fingerprint density at radius 1 is 0.867 bits per heavy atom. The number of amides is 2. The first-order valence-electron chi connectivity index (χ1n) is 11.2. The van der Waals surface area contributed by atoms with Crippen LogP contribution in [-0.4, -0.2) is 85.6 Å². The molecule has 0 saturated carbocycles. The summed E-state index contributed by atoms with van der Waals surface area (Å²) < 4.78 is 30.6. The van der Waals surface area contributed by atoms with Crippen molar-refractivity contribution >= 4 is 22.0 Å².